The first-order chi connectivity index (χ1) is 16.8. The molecule has 0 spiro atoms. The fourth-order valence-corrected chi connectivity index (χ4v) is 4.40. The maximum absolute atomic E-state index is 13.2. The summed E-state index contributed by atoms with van der Waals surface area (Å²) in [7, 11) is 0. The second-order valence-corrected chi connectivity index (χ2v) is 9.56. The Bertz CT molecular complexity index is 1010. The molecule has 0 unspecified atom stereocenters. The standard InChI is InChI=1S/C28H41N5O2/c1-6-32(7-2)17-14-29-27(34)25-19-24(10-11-26(25)33-15-12-20(3)13-16-33)31-28(35)30-23-9-8-21(4)22(5)18-23/h8-11,18-20H,6-7,12-17H2,1-5H3,(H,29,34)(H2,30,31,35). The number of benzene rings is 2. The number of nitrogens with zero attached hydrogens (tertiary/aromatic N) is 2. The van der Waals surface area contributed by atoms with Gasteiger partial charge in [-0.25, -0.2) is 4.79 Å². The predicted molar refractivity (Wildman–Crippen MR) is 146 cm³/mol. The van der Waals surface area contributed by atoms with Crippen molar-refractivity contribution in [3.8, 4) is 0 Å². The van der Waals surface area contributed by atoms with E-state index in [9.17, 15) is 9.59 Å². The van der Waals surface area contributed by atoms with Crippen molar-refractivity contribution < 1.29 is 9.59 Å². The molecule has 35 heavy (non-hydrogen) atoms. The minimum absolute atomic E-state index is 0.107. The SMILES string of the molecule is CCN(CC)CCNC(=O)c1cc(NC(=O)Nc2ccc(C)c(C)c2)ccc1N1CCC(C)CC1. The molecule has 7 nitrogen and oxygen atoms in total. The number of hydrogen-bond acceptors (Lipinski definition) is 4. The first-order valence-corrected chi connectivity index (χ1v) is 12.9. The third-order valence-electron chi connectivity index (χ3n) is 7.00. The molecular formula is C28H41N5O2. The third-order valence-corrected chi connectivity index (χ3v) is 7.00. The highest BCUT2D eigenvalue weighted by Crippen LogP contribution is 2.29. The van der Waals surface area contributed by atoms with E-state index < -0.39 is 0 Å². The fraction of sp³-hybridized carbons (Fsp3) is 0.500. The van der Waals surface area contributed by atoms with Crippen LogP contribution in [0.4, 0.5) is 21.9 Å². The molecule has 0 saturated carbocycles. The summed E-state index contributed by atoms with van der Waals surface area (Å²) in [6.45, 7) is 15.8. The van der Waals surface area contributed by atoms with Crippen LogP contribution in [0.1, 0.15) is 55.1 Å². The van der Waals surface area contributed by atoms with Crippen molar-refractivity contribution in [3.05, 3.63) is 53.1 Å². The number of nitrogens with one attached hydrogen (secondary N) is 3. The molecule has 0 aliphatic carbocycles. The fourth-order valence-electron chi connectivity index (χ4n) is 4.40. The highest BCUT2D eigenvalue weighted by molar-refractivity contribution is 6.04. The molecule has 0 bridgehead atoms. The van der Waals surface area contributed by atoms with E-state index in [1.807, 2.05) is 44.2 Å². The number of likely N-dealkylation sites (N-methyl/N-ethyl adjacent to an activating group) is 1. The van der Waals surface area contributed by atoms with Crippen molar-refractivity contribution >= 4 is 29.0 Å². The van der Waals surface area contributed by atoms with Gasteiger partial charge in [0.05, 0.1) is 5.56 Å². The molecule has 3 amide bonds. The maximum atomic E-state index is 13.2. The summed E-state index contributed by atoms with van der Waals surface area (Å²) in [5.41, 5.74) is 5.15. The monoisotopic (exact) mass is 479 g/mol. The zero-order chi connectivity index (χ0) is 25.4. The third kappa shape index (κ3) is 7.46. The van der Waals surface area contributed by atoms with Crippen LogP contribution in [0, 0.1) is 19.8 Å². The van der Waals surface area contributed by atoms with Crippen LogP contribution in [0.2, 0.25) is 0 Å². The van der Waals surface area contributed by atoms with E-state index in [2.05, 4.69) is 46.5 Å². The van der Waals surface area contributed by atoms with Crippen molar-refractivity contribution in [1.82, 2.24) is 10.2 Å². The average molecular weight is 480 g/mol. The number of rotatable bonds is 9. The average Bonchev–Trinajstić information content (AvgIpc) is 2.84. The smallest absolute Gasteiger partial charge is 0.323 e. The van der Waals surface area contributed by atoms with Gasteiger partial charge in [-0.1, -0.05) is 26.8 Å². The first kappa shape index (κ1) is 26.5. The molecule has 3 rings (SSSR count). The summed E-state index contributed by atoms with van der Waals surface area (Å²) < 4.78 is 0. The van der Waals surface area contributed by atoms with Crippen molar-refractivity contribution in [2.45, 2.75) is 47.5 Å². The molecule has 0 aromatic heterocycles. The van der Waals surface area contributed by atoms with E-state index in [1.165, 1.54) is 5.56 Å². The lowest BCUT2D eigenvalue weighted by molar-refractivity contribution is 0.0949. The van der Waals surface area contributed by atoms with Gasteiger partial charge in [-0.3, -0.25) is 4.79 Å². The van der Waals surface area contributed by atoms with Crippen molar-refractivity contribution in [2.75, 3.05) is 54.8 Å². The van der Waals surface area contributed by atoms with Gasteiger partial charge in [0.15, 0.2) is 0 Å². The number of anilines is 3. The zero-order valence-corrected chi connectivity index (χ0v) is 21.9. The lowest BCUT2D eigenvalue weighted by atomic mass is 9.98. The number of urea groups is 1. The van der Waals surface area contributed by atoms with Gasteiger partial charge in [-0.15, -0.1) is 0 Å². The van der Waals surface area contributed by atoms with Crippen LogP contribution in [-0.4, -0.2) is 56.1 Å². The molecule has 0 radical (unpaired) electrons. The van der Waals surface area contributed by atoms with Gasteiger partial charge in [0, 0.05) is 43.2 Å². The number of piperidine rings is 1. The molecule has 190 valence electrons. The first-order valence-electron chi connectivity index (χ1n) is 12.9. The van der Waals surface area contributed by atoms with Crippen LogP contribution in [-0.2, 0) is 0 Å². The number of hydrogen-bond donors (Lipinski definition) is 3. The molecule has 1 saturated heterocycles. The highest BCUT2D eigenvalue weighted by atomic mass is 16.2. The normalized spacial score (nSPS) is 14.2. The van der Waals surface area contributed by atoms with Gasteiger partial charge in [0.1, 0.15) is 0 Å². The van der Waals surface area contributed by atoms with E-state index in [1.54, 1.807) is 6.07 Å². The van der Waals surface area contributed by atoms with E-state index >= 15 is 0 Å². The van der Waals surface area contributed by atoms with Crippen molar-refractivity contribution in [1.29, 1.82) is 0 Å². The Balaban J connectivity index is 1.75. The van der Waals surface area contributed by atoms with Crippen LogP contribution in [0.25, 0.3) is 0 Å². The number of carbonyl (C=O) groups is 2. The summed E-state index contributed by atoms with van der Waals surface area (Å²) in [5.74, 6) is 0.594. The summed E-state index contributed by atoms with van der Waals surface area (Å²) in [5, 5.41) is 8.86. The Morgan fingerprint density at radius 1 is 0.943 bits per heavy atom. The lowest BCUT2D eigenvalue weighted by Gasteiger charge is -2.33. The largest absolute Gasteiger partial charge is 0.371 e. The number of amides is 3. The molecule has 1 fully saturated rings. The molecular weight excluding hydrogens is 438 g/mol. The van der Waals surface area contributed by atoms with Crippen LogP contribution in [0.15, 0.2) is 36.4 Å². The second kappa shape index (κ2) is 12.6. The molecule has 3 N–H and O–H groups in total. The van der Waals surface area contributed by atoms with Gasteiger partial charge in [-0.2, -0.15) is 0 Å². The zero-order valence-electron chi connectivity index (χ0n) is 21.9. The summed E-state index contributed by atoms with van der Waals surface area (Å²) in [6.07, 6.45) is 2.22. The van der Waals surface area contributed by atoms with E-state index in [4.69, 9.17) is 0 Å². The van der Waals surface area contributed by atoms with Crippen LogP contribution >= 0.6 is 0 Å². The molecule has 1 aliphatic rings. The molecule has 1 heterocycles. The van der Waals surface area contributed by atoms with E-state index in [0.29, 0.717) is 23.7 Å². The van der Waals surface area contributed by atoms with Gasteiger partial charge in [0.25, 0.3) is 5.91 Å². The summed E-state index contributed by atoms with van der Waals surface area (Å²) in [4.78, 5) is 30.5. The van der Waals surface area contributed by atoms with Crippen LogP contribution in [0.3, 0.4) is 0 Å². The summed E-state index contributed by atoms with van der Waals surface area (Å²) in [6, 6.07) is 11.1. The molecule has 2 aromatic rings. The maximum Gasteiger partial charge on any atom is 0.323 e. The lowest BCUT2D eigenvalue weighted by Crippen LogP contribution is -2.37. The minimum atomic E-state index is -0.333. The second-order valence-electron chi connectivity index (χ2n) is 9.56. The molecule has 7 heteroatoms. The quantitative estimate of drug-likeness (QED) is 0.459. The molecule has 1 aliphatic heterocycles. The van der Waals surface area contributed by atoms with Crippen LogP contribution < -0.4 is 20.9 Å². The van der Waals surface area contributed by atoms with Crippen molar-refractivity contribution in [3.63, 3.8) is 0 Å². The van der Waals surface area contributed by atoms with Crippen LogP contribution in [0.5, 0.6) is 0 Å². The predicted octanol–water partition coefficient (Wildman–Crippen LogP) is 5.26. The Morgan fingerprint density at radius 2 is 1.57 bits per heavy atom. The highest BCUT2D eigenvalue weighted by Gasteiger charge is 2.22. The van der Waals surface area contributed by atoms with Gasteiger partial charge < -0.3 is 25.8 Å². The Kier molecular flexibility index (Phi) is 9.55. The Hall–Kier alpha value is -3.06. The molecule has 2 aromatic carbocycles. The number of carbonyl (C=O) groups excluding carboxylic acids is 2. The topological polar surface area (TPSA) is 76.7 Å². The minimum Gasteiger partial charge on any atom is -0.371 e. The number of aryl methyl sites for hydroxylation is 2. The van der Waals surface area contributed by atoms with Gasteiger partial charge in [0.2, 0.25) is 0 Å². The van der Waals surface area contributed by atoms with Crippen molar-refractivity contribution in [2.24, 2.45) is 5.92 Å². The Morgan fingerprint density at radius 3 is 2.20 bits per heavy atom. The Labute approximate surface area is 210 Å². The van der Waals surface area contributed by atoms with E-state index in [-0.39, 0.29) is 11.9 Å². The summed E-state index contributed by atoms with van der Waals surface area (Å²) >= 11 is 0. The van der Waals surface area contributed by atoms with E-state index in [0.717, 1.165) is 62.5 Å². The molecule has 0 atom stereocenters. The van der Waals surface area contributed by atoms with Gasteiger partial charge in [-0.05, 0) is 87.2 Å². The van der Waals surface area contributed by atoms with Gasteiger partial charge >= 0.3 is 6.03 Å².